The minimum absolute atomic E-state index is 0.188. The van der Waals surface area contributed by atoms with Crippen molar-refractivity contribution in [2.45, 2.75) is 92.9 Å². The molecule has 0 atom stereocenters. The Morgan fingerprint density at radius 2 is 0.919 bits per heavy atom. The van der Waals surface area contributed by atoms with E-state index in [1.165, 1.54) is 87.6 Å². The predicted octanol–water partition coefficient (Wildman–Crippen LogP) is 15.9. The van der Waals surface area contributed by atoms with Crippen molar-refractivity contribution in [2.24, 2.45) is 11.8 Å². The molecule has 1 heterocycles. The van der Waals surface area contributed by atoms with Gasteiger partial charge in [0, 0.05) is 0 Å². The van der Waals surface area contributed by atoms with Crippen molar-refractivity contribution >= 4 is 58.5 Å². The fourth-order valence-corrected chi connectivity index (χ4v) is 9.64. The van der Waals surface area contributed by atoms with Crippen LogP contribution in [-0.2, 0) is 44.5 Å². The van der Waals surface area contributed by atoms with Crippen LogP contribution in [0.15, 0.2) is 152 Å². The van der Waals surface area contributed by atoms with Crippen LogP contribution in [0.2, 0.25) is 0 Å². The Morgan fingerprint density at radius 3 is 1.37 bits per heavy atom. The maximum atomic E-state index is 4.93. The Kier molecular flexibility index (Phi) is 16.4. The molecule has 0 nitrogen and oxygen atoms in total. The first-order valence-electron chi connectivity index (χ1n) is 22.0. The van der Waals surface area contributed by atoms with Crippen LogP contribution in [0.25, 0.3) is 54.9 Å². The molecule has 8 aromatic rings. The molecule has 0 aromatic heterocycles. The molecule has 0 spiro atoms. The zero-order valence-electron chi connectivity index (χ0n) is 38.3. The van der Waals surface area contributed by atoms with Crippen LogP contribution in [-0.4, -0.2) is 9.52 Å². The topological polar surface area (TPSA) is 0 Å². The first kappa shape index (κ1) is 47.7. The Labute approximate surface area is 394 Å². The van der Waals surface area contributed by atoms with Gasteiger partial charge in [-0.2, -0.15) is 41.6 Å². The molecule has 8 aromatic carbocycles. The van der Waals surface area contributed by atoms with E-state index in [4.69, 9.17) is 17.0 Å². The van der Waals surface area contributed by atoms with Crippen molar-refractivity contribution in [2.75, 3.05) is 0 Å². The van der Waals surface area contributed by atoms with Gasteiger partial charge in [-0.3, -0.25) is 0 Å². The molecular weight excluding hydrogens is 887 g/mol. The van der Waals surface area contributed by atoms with Crippen molar-refractivity contribution in [3.05, 3.63) is 180 Å². The normalized spacial score (nSPS) is 11.9. The average molecular weight is 948 g/mol. The molecule has 62 heavy (non-hydrogen) atoms. The Balaban J connectivity index is 0.000000155. The summed E-state index contributed by atoms with van der Waals surface area (Å²) in [7, 11) is 10.7. The standard InChI is InChI=1S/2C23H27.C12H7Si.2ClH.Zr/c2*1-16(2)13-17-9-6-7-11-20(17)21-12-8-10-18-14-19(15-22(18)21)23(3,4)5;1-3-7-11-9(5-1)10-6-2-4-8-12(10)13-11;;;/h2*6-12,14-16H,13H2,1-5H3;1-7H;2*1H;/q3*-1;;;+2/p-2. The molecule has 0 N–H and O–H groups in total. The first-order chi connectivity index (χ1) is 29.6. The quantitative estimate of drug-likeness (QED) is 0.115. The second-order valence-corrected chi connectivity index (χ2v) is 24.3. The molecule has 9 rings (SSSR count). The van der Waals surface area contributed by atoms with E-state index in [1.807, 2.05) is 6.07 Å². The molecule has 318 valence electrons. The van der Waals surface area contributed by atoms with Gasteiger partial charge in [-0.1, -0.05) is 176 Å². The maximum absolute atomic E-state index is 4.93. The molecule has 0 fully saturated rings. The molecule has 1 aliphatic heterocycles. The monoisotopic (exact) mass is 945 g/mol. The van der Waals surface area contributed by atoms with Crippen LogP contribution in [0.5, 0.6) is 0 Å². The van der Waals surface area contributed by atoms with Crippen LogP contribution in [0.1, 0.15) is 91.5 Å². The van der Waals surface area contributed by atoms with Crippen molar-refractivity contribution < 1.29 is 20.8 Å². The summed E-state index contributed by atoms with van der Waals surface area (Å²) < 4.78 is 0. The SMILES string of the molecule is CC(C)Cc1ccccc1-c1cccc2[cH-]c(C(C)(C)C)cc12.CC(C)Cc1ccccc1-c1cccc2[cH-]c(C(C)(C)C)cc12.[Cl][Zr][Cl].[c-]1cccc2c1[Si]c1ccccc1-2. The van der Waals surface area contributed by atoms with Crippen LogP contribution in [0, 0.1) is 17.9 Å². The summed E-state index contributed by atoms with van der Waals surface area (Å²) in [5.41, 5.74) is 14.4. The Bertz CT molecular complexity index is 2510. The number of hydrogen-bond acceptors (Lipinski definition) is 0. The van der Waals surface area contributed by atoms with Crippen LogP contribution in [0.4, 0.5) is 0 Å². The predicted molar refractivity (Wildman–Crippen MR) is 272 cm³/mol. The molecule has 0 saturated heterocycles. The molecule has 0 bridgehead atoms. The largest absolute Gasteiger partial charge is 0.184 e. The Hall–Kier alpha value is -3.78. The average Bonchev–Trinajstić information content (AvgIpc) is 3.98. The number of fused-ring (bicyclic) bond motifs is 5. The van der Waals surface area contributed by atoms with E-state index >= 15 is 0 Å². The smallest absolute Gasteiger partial charge is 0.0920 e. The number of hydrogen-bond donors (Lipinski definition) is 0. The van der Waals surface area contributed by atoms with Gasteiger partial charge in [0.15, 0.2) is 0 Å². The second-order valence-electron chi connectivity index (χ2n) is 19.3. The van der Waals surface area contributed by atoms with Crippen molar-refractivity contribution in [1.82, 2.24) is 0 Å². The summed E-state index contributed by atoms with van der Waals surface area (Å²) in [6.45, 7) is 22.9. The van der Waals surface area contributed by atoms with Crippen LogP contribution in [0.3, 0.4) is 0 Å². The third kappa shape index (κ3) is 11.9. The molecular formula is C58H61Cl2SiZr-3. The maximum Gasteiger partial charge on any atom is 0.0920 e. The van der Waals surface area contributed by atoms with Gasteiger partial charge in [0.25, 0.3) is 0 Å². The van der Waals surface area contributed by atoms with Gasteiger partial charge < -0.3 is 0 Å². The summed E-state index contributed by atoms with van der Waals surface area (Å²) in [6, 6.07) is 58.8. The second kappa shape index (κ2) is 21.3. The molecule has 0 unspecified atom stereocenters. The third-order valence-electron chi connectivity index (χ3n) is 11.4. The van der Waals surface area contributed by atoms with Crippen LogP contribution >= 0.6 is 17.0 Å². The minimum atomic E-state index is -0.826. The first-order valence-corrected chi connectivity index (χ1v) is 29.3. The summed E-state index contributed by atoms with van der Waals surface area (Å²) in [5.74, 6) is 1.33. The van der Waals surface area contributed by atoms with Gasteiger partial charge >= 0.3 is 37.9 Å². The minimum Gasteiger partial charge on any atom is -0.184 e. The van der Waals surface area contributed by atoms with E-state index < -0.39 is 20.8 Å². The molecule has 0 amide bonds. The summed E-state index contributed by atoms with van der Waals surface area (Å²) in [4.78, 5) is 0. The molecule has 4 heteroatoms. The Morgan fingerprint density at radius 1 is 0.516 bits per heavy atom. The van der Waals surface area contributed by atoms with Gasteiger partial charge in [-0.05, 0) is 57.8 Å². The van der Waals surface area contributed by atoms with E-state index in [0.717, 1.165) is 22.4 Å². The summed E-state index contributed by atoms with van der Waals surface area (Å²) in [6.07, 6.45) is 2.25. The zero-order valence-corrected chi connectivity index (χ0v) is 43.2. The molecule has 2 radical (unpaired) electrons. The third-order valence-corrected chi connectivity index (χ3v) is 12.8. The van der Waals surface area contributed by atoms with E-state index in [1.54, 1.807) is 0 Å². The number of rotatable bonds is 6. The van der Waals surface area contributed by atoms with Gasteiger partial charge in [-0.15, -0.1) is 74.6 Å². The summed E-state index contributed by atoms with van der Waals surface area (Å²) >= 11 is -0.826. The fourth-order valence-electron chi connectivity index (χ4n) is 8.33. The van der Waals surface area contributed by atoms with Crippen molar-refractivity contribution in [3.8, 4) is 33.4 Å². The van der Waals surface area contributed by atoms with Crippen molar-refractivity contribution in [1.29, 1.82) is 0 Å². The van der Waals surface area contributed by atoms with E-state index in [2.05, 4.69) is 221 Å². The van der Waals surface area contributed by atoms with E-state index in [-0.39, 0.29) is 10.8 Å². The summed E-state index contributed by atoms with van der Waals surface area (Å²) in [5, 5.41) is 8.30. The van der Waals surface area contributed by atoms with Crippen LogP contribution < -0.4 is 10.4 Å². The van der Waals surface area contributed by atoms with E-state index in [9.17, 15) is 0 Å². The number of benzene rings is 6. The van der Waals surface area contributed by atoms with Gasteiger partial charge in [0.2, 0.25) is 0 Å². The molecule has 0 saturated carbocycles. The molecule has 1 aliphatic rings. The van der Waals surface area contributed by atoms with Crippen molar-refractivity contribution in [3.63, 3.8) is 0 Å². The van der Waals surface area contributed by atoms with E-state index in [0.29, 0.717) is 11.8 Å². The van der Waals surface area contributed by atoms with Gasteiger partial charge in [0.05, 0.1) is 9.52 Å². The van der Waals surface area contributed by atoms with Gasteiger partial charge in [0.1, 0.15) is 0 Å². The fraction of sp³-hybridized carbons (Fsp3) is 0.276. The van der Waals surface area contributed by atoms with Gasteiger partial charge in [-0.25, -0.2) is 0 Å². The molecule has 0 aliphatic carbocycles. The number of halogens is 2. The zero-order chi connectivity index (χ0) is 44.6.